The number of thiophene rings is 1. The van der Waals surface area contributed by atoms with Gasteiger partial charge in [0, 0.05) is 47.7 Å². The second kappa shape index (κ2) is 8.97. The van der Waals surface area contributed by atoms with E-state index in [1.54, 1.807) is 0 Å². The number of anilines is 3. The molecule has 0 atom stereocenters. The quantitative estimate of drug-likeness (QED) is 0.203. The highest BCUT2D eigenvalue weighted by molar-refractivity contribution is 7.25. The second-order valence-electron chi connectivity index (χ2n) is 11.9. The molecule has 2 heterocycles. The van der Waals surface area contributed by atoms with E-state index in [-0.39, 0.29) is 5.41 Å². The normalized spacial score (nSPS) is 13.7. The van der Waals surface area contributed by atoms with Crippen molar-refractivity contribution in [3.05, 3.63) is 137 Å². The van der Waals surface area contributed by atoms with Gasteiger partial charge in [-0.05, 0) is 70.8 Å². The lowest BCUT2D eigenvalue weighted by atomic mass is 9.82. The van der Waals surface area contributed by atoms with Crippen molar-refractivity contribution in [2.75, 3.05) is 4.90 Å². The second-order valence-corrected chi connectivity index (χ2v) is 13.4. The summed E-state index contributed by atoms with van der Waals surface area (Å²) in [7, 11) is 0. The zero-order chi connectivity index (χ0) is 28.9. The van der Waals surface area contributed by atoms with Gasteiger partial charge >= 0.3 is 0 Å². The molecule has 0 N–H and O–H groups in total. The van der Waals surface area contributed by atoms with Gasteiger partial charge in [-0.25, -0.2) is 0 Å². The fraction of sp³-hybridized carbons (Fsp3) is 0.0769. The molecule has 43 heavy (non-hydrogen) atoms. The van der Waals surface area contributed by atoms with Gasteiger partial charge in [0.25, 0.3) is 0 Å². The van der Waals surface area contributed by atoms with E-state index in [2.05, 4.69) is 122 Å². The molecule has 6 aromatic carbocycles. The maximum atomic E-state index is 6.71. The molecule has 0 saturated heterocycles. The third kappa shape index (κ3) is 3.53. The van der Waals surface area contributed by atoms with Gasteiger partial charge in [0.1, 0.15) is 5.58 Å². The highest BCUT2D eigenvalue weighted by atomic mass is 35.5. The van der Waals surface area contributed by atoms with Crippen LogP contribution in [0.3, 0.4) is 0 Å². The maximum Gasteiger partial charge on any atom is 0.159 e. The van der Waals surface area contributed by atoms with E-state index in [0.29, 0.717) is 5.02 Å². The van der Waals surface area contributed by atoms with Crippen LogP contribution in [0, 0.1) is 0 Å². The number of hydrogen-bond donors (Lipinski definition) is 0. The first-order chi connectivity index (χ1) is 21.0. The summed E-state index contributed by atoms with van der Waals surface area (Å²) in [6.45, 7) is 4.66. The van der Waals surface area contributed by atoms with Crippen LogP contribution in [0.5, 0.6) is 0 Å². The molecule has 206 valence electrons. The Kier molecular flexibility index (Phi) is 5.21. The zero-order valence-electron chi connectivity index (χ0n) is 23.7. The van der Waals surface area contributed by atoms with Crippen LogP contribution in [0.4, 0.5) is 17.1 Å². The van der Waals surface area contributed by atoms with Crippen LogP contribution in [0.2, 0.25) is 5.02 Å². The van der Waals surface area contributed by atoms with Crippen molar-refractivity contribution in [1.29, 1.82) is 0 Å². The number of rotatable bonds is 3. The SMILES string of the molecule is CC1(C)c2ccccc2-c2ccc(N(c3ccc4c(c3)sc3ccccc34)c3cccc4c3oc3cccc(Cl)c34)cc21. The minimum absolute atomic E-state index is 0.109. The van der Waals surface area contributed by atoms with Gasteiger partial charge in [0.05, 0.1) is 10.7 Å². The van der Waals surface area contributed by atoms with Crippen LogP contribution >= 0.6 is 22.9 Å². The lowest BCUT2D eigenvalue weighted by Crippen LogP contribution is -2.16. The Balaban J connectivity index is 1.32. The Bertz CT molecular complexity index is 2410. The molecule has 1 aliphatic carbocycles. The van der Waals surface area contributed by atoms with E-state index >= 15 is 0 Å². The van der Waals surface area contributed by atoms with E-state index in [9.17, 15) is 0 Å². The Labute approximate surface area is 258 Å². The van der Waals surface area contributed by atoms with E-state index in [1.807, 2.05) is 29.5 Å². The number of para-hydroxylation sites is 1. The summed E-state index contributed by atoms with van der Waals surface area (Å²) in [6.07, 6.45) is 0. The van der Waals surface area contributed by atoms with Gasteiger partial charge < -0.3 is 9.32 Å². The zero-order valence-corrected chi connectivity index (χ0v) is 25.3. The molecule has 2 aromatic heterocycles. The van der Waals surface area contributed by atoms with Crippen LogP contribution < -0.4 is 4.90 Å². The average Bonchev–Trinajstić information content (AvgIpc) is 3.66. The summed E-state index contributed by atoms with van der Waals surface area (Å²) < 4.78 is 9.14. The molecule has 0 fully saturated rings. The number of benzene rings is 6. The number of furan rings is 1. The predicted molar refractivity (Wildman–Crippen MR) is 184 cm³/mol. The molecule has 0 aliphatic heterocycles. The van der Waals surface area contributed by atoms with Crippen molar-refractivity contribution < 1.29 is 4.42 Å². The van der Waals surface area contributed by atoms with Crippen LogP contribution in [0.1, 0.15) is 25.0 Å². The Hall–Kier alpha value is -4.57. The van der Waals surface area contributed by atoms with Gasteiger partial charge in [-0.15, -0.1) is 11.3 Å². The molecular weight excluding hydrogens is 566 g/mol. The Morgan fingerprint density at radius 3 is 2.28 bits per heavy atom. The van der Waals surface area contributed by atoms with Crippen LogP contribution in [-0.2, 0) is 5.41 Å². The molecule has 8 aromatic rings. The van der Waals surface area contributed by atoms with Crippen molar-refractivity contribution in [2.45, 2.75) is 19.3 Å². The summed E-state index contributed by atoms with van der Waals surface area (Å²) in [6, 6.07) is 43.4. The van der Waals surface area contributed by atoms with Crippen molar-refractivity contribution in [3.8, 4) is 11.1 Å². The van der Waals surface area contributed by atoms with E-state index in [0.717, 1.165) is 39.0 Å². The van der Waals surface area contributed by atoms with Crippen LogP contribution in [0.25, 0.3) is 53.2 Å². The molecule has 0 unspecified atom stereocenters. The first-order valence-electron chi connectivity index (χ1n) is 14.5. The molecule has 4 heteroatoms. The van der Waals surface area contributed by atoms with Gasteiger partial charge in [-0.3, -0.25) is 0 Å². The van der Waals surface area contributed by atoms with E-state index in [4.69, 9.17) is 16.0 Å². The lowest BCUT2D eigenvalue weighted by molar-refractivity contribution is 0.660. The number of halogens is 1. The van der Waals surface area contributed by atoms with Crippen molar-refractivity contribution in [1.82, 2.24) is 0 Å². The standard InChI is InChI=1S/C39H26ClNOS/c1-39(2)30-12-5-3-9-25(30)26-19-17-23(21-31(26)39)41(24-18-20-28-27-10-4-6-16-35(27)43-36(28)22-24)33-14-7-11-29-37-32(40)13-8-15-34(37)42-38(29)33/h3-22H,1-2H3. The van der Waals surface area contributed by atoms with Crippen LogP contribution in [-0.4, -0.2) is 0 Å². The molecule has 1 aliphatic rings. The maximum absolute atomic E-state index is 6.71. The third-order valence-electron chi connectivity index (χ3n) is 9.14. The Morgan fingerprint density at radius 2 is 1.35 bits per heavy atom. The number of nitrogens with zero attached hydrogens (tertiary/aromatic N) is 1. The first kappa shape index (κ1) is 25.0. The fourth-order valence-electron chi connectivity index (χ4n) is 7.08. The summed E-state index contributed by atoms with van der Waals surface area (Å²) in [4.78, 5) is 2.35. The molecule has 0 saturated carbocycles. The van der Waals surface area contributed by atoms with Gasteiger partial charge in [-0.1, -0.05) is 98.2 Å². The van der Waals surface area contributed by atoms with Gasteiger partial charge in [0.15, 0.2) is 5.58 Å². The minimum atomic E-state index is -0.109. The molecule has 0 bridgehead atoms. The monoisotopic (exact) mass is 591 g/mol. The minimum Gasteiger partial charge on any atom is -0.454 e. The summed E-state index contributed by atoms with van der Waals surface area (Å²) >= 11 is 8.55. The summed E-state index contributed by atoms with van der Waals surface area (Å²) in [5.74, 6) is 0. The van der Waals surface area contributed by atoms with Crippen molar-refractivity contribution in [2.24, 2.45) is 0 Å². The molecule has 0 spiro atoms. The summed E-state index contributed by atoms with van der Waals surface area (Å²) in [5.41, 5.74) is 10.0. The molecule has 0 amide bonds. The lowest BCUT2D eigenvalue weighted by Gasteiger charge is -2.28. The Morgan fingerprint density at radius 1 is 0.628 bits per heavy atom. The molecule has 9 rings (SSSR count). The molecule has 0 radical (unpaired) electrons. The highest BCUT2D eigenvalue weighted by Gasteiger charge is 2.36. The topological polar surface area (TPSA) is 16.4 Å². The van der Waals surface area contributed by atoms with Crippen molar-refractivity contribution >= 4 is 82.1 Å². The van der Waals surface area contributed by atoms with Gasteiger partial charge in [-0.2, -0.15) is 0 Å². The van der Waals surface area contributed by atoms with Crippen molar-refractivity contribution in [3.63, 3.8) is 0 Å². The molecule has 2 nitrogen and oxygen atoms in total. The van der Waals surface area contributed by atoms with Gasteiger partial charge in [0.2, 0.25) is 0 Å². The first-order valence-corrected chi connectivity index (χ1v) is 15.7. The number of hydrogen-bond acceptors (Lipinski definition) is 3. The van der Waals surface area contributed by atoms with E-state index < -0.39 is 0 Å². The average molecular weight is 592 g/mol. The smallest absolute Gasteiger partial charge is 0.159 e. The largest absolute Gasteiger partial charge is 0.454 e. The predicted octanol–water partition coefficient (Wildman–Crippen LogP) is 12.4. The van der Waals surface area contributed by atoms with E-state index in [1.165, 1.54) is 42.4 Å². The summed E-state index contributed by atoms with van der Waals surface area (Å²) in [5, 5.41) is 5.24. The van der Waals surface area contributed by atoms with Crippen LogP contribution in [0.15, 0.2) is 126 Å². The molecular formula is C39H26ClNOS. The fourth-order valence-corrected chi connectivity index (χ4v) is 8.48. The third-order valence-corrected chi connectivity index (χ3v) is 10.6. The number of fused-ring (bicyclic) bond motifs is 9. The highest BCUT2D eigenvalue weighted by Crippen LogP contribution is 2.52.